The van der Waals surface area contributed by atoms with Crippen molar-refractivity contribution in [3.05, 3.63) is 49.1 Å². The van der Waals surface area contributed by atoms with E-state index in [1.54, 1.807) is 0 Å². The molecule has 0 saturated carbocycles. The number of para-hydroxylation sites is 1. The Balaban J connectivity index is 0.00000261. The van der Waals surface area contributed by atoms with E-state index in [4.69, 9.17) is 9.73 Å². The number of nitrogens with one attached hydrogen (secondary N) is 1. The summed E-state index contributed by atoms with van der Waals surface area (Å²) < 4.78 is 8.18. The Morgan fingerprint density at radius 3 is 2.70 bits per heavy atom. The molecular weight excluding hydrogens is 453 g/mol. The molecule has 2 heterocycles. The predicted molar refractivity (Wildman–Crippen MR) is 120 cm³/mol. The monoisotopic (exact) mass is 483 g/mol. The SMILES string of the molecule is CCNC(=NCCCn1ccnc1)N1CCC(Oc2ccccc2)CC1.I. The Morgan fingerprint density at radius 1 is 1.26 bits per heavy atom. The molecule has 0 spiro atoms. The number of hydrogen-bond donors (Lipinski definition) is 1. The Hall–Kier alpha value is -1.77. The van der Waals surface area contributed by atoms with Gasteiger partial charge in [-0.15, -0.1) is 24.0 Å². The number of nitrogens with zero attached hydrogens (tertiary/aromatic N) is 4. The molecule has 1 aromatic carbocycles. The molecule has 0 aliphatic carbocycles. The molecule has 148 valence electrons. The van der Waals surface area contributed by atoms with Gasteiger partial charge in [0.2, 0.25) is 0 Å². The molecule has 6 nitrogen and oxygen atoms in total. The van der Waals surface area contributed by atoms with Crippen LogP contribution < -0.4 is 10.1 Å². The quantitative estimate of drug-likeness (QED) is 0.284. The van der Waals surface area contributed by atoms with E-state index in [2.05, 4.69) is 26.7 Å². The van der Waals surface area contributed by atoms with Crippen LogP contribution in [-0.2, 0) is 6.54 Å². The smallest absolute Gasteiger partial charge is 0.193 e. The normalized spacial score (nSPS) is 15.3. The maximum atomic E-state index is 6.09. The average molecular weight is 483 g/mol. The molecule has 0 unspecified atom stereocenters. The summed E-state index contributed by atoms with van der Waals surface area (Å²) in [5.74, 6) is 1.99. The van der Waals surface area contributed by atoms with Gasteiger partial charge in [0.1, 0.15) is 11.9 Å². The number of guanidine groups is 1. The minimum atomic E-state index is 0. The Bertz CT molecular complexity index is 654. The number of likely N-dealkylation sites (tertiary alicyclic amines) is 1. The van der Waals surface area contributed by atoms with Crippen molar-refractivity contribution < 1.29 is 4.74 Å². The average Bonchev–Trinajstić information content (AvgIpc) is 3.19. The van der Waals surface area contributed by atoms with Crippen LogP contribution in [-0.4, -0.2) is 52.7 Å². The van der Waals surface area contributed by atoms with Crippen LogP contribution in [0.4, 0.5) is 0 Å². The fraction of sp³-hybridized carbons (Fsp3) is 0.500. The standard InChI is InChI=1S/C20H29N5O.HI/c1-2-22-20(23-11-6-13-24-16-12-21-17-24)25-14-9-19(10-15-25)26-18-7-4-3-5-8-18;/h3-5,7-8,12,16-17,19H,2,6,9-11,13-15H2,1H3,(H,22,23);1H. The van der Waals surface area contributed by atoms with E-state index >= 15 is 0 Å². The highest BCUT2D eigenvalue weighted by molar-refractivity contribution is 14.0. The zero-order valence-corrected chi connectivity index (χ0v) is 18.3. The van der Waals surface area contributed by atoms with Gasteiger partial charge in [0, 0.05) is 58.0 Å². The first-order valence-electron chi connectivity index (χ1n) is 9.56. The van der Waals surface area contributed by atoms with Gasteiger partial charge in [-0.25, -0.2) is 4.98 Å². The van der Waals surface area contributed by atoms with Gasteiger partial charge in [-0.3, -0.25) is 4.99 Å². The van der Waals surface area contributed by atoms with Gasteiger partial charge < -0.3 is 19.5 Å². The van der Waals surface area contributed by atoms with Crippen molar-refractivity contribution in [1.82, 2.24) is 19.8 Å². The third kappa shape index (κ3) is 7.04. The number of aromatic nitrogens is 2. The highest BCUT2D eigenvalue weighted by atomic mass is 127. The topological polar surface area (TPSA) is 54.7 Å². The number of hydrogen-bond acceptors (Lipinski definition) is 3. The van der Waals surface area contributed by atoms with Crippen LogP contribution in [0.15, 0.2) is 54.0 Å². The van der Waals surface area contributed by atoms with Crippen molar-refractivity contribution in [2.45, 2.75) is 38.8 Å². The number of piperidine rings is 1. The number of benzene rings is 1. The molecule has 1 N–H and O–H groups in total. The number of aliphatic imine (C=N–C) groups is 1. The van der Waals surface area contributed by atoms with Crippen molar-refractivity contribution >= 4 is 29.9 Å². The highest BCUT2D eigenvalue weighted by Gasteiger charge is 2.22. The van der Waals surface area contributed by atoms with Crippen LogP contribution in [0.2, 0.25) is 0 Å². The molecule has 0 amide bonds. The predicted octanol–water partition coefficient (Wildman–Crippen LogP) is 3.40. The molecule has 1 aliphatic heterocycles. The maximum absolute atomic E-state index is 6.09. The summed E-state index contributed by atoms with van der Waals surface area (Å²) in [5.41, 5.74) is 0. The lowest BCUT2D eigenvalue weighted by Crippen LogP contribution is -2.47. The van der Waals surface area contributed by atoms with Crippen molar-refractivity contribution in [2.75, 3.05) is 26.2 Å². The Morgan fingerprint density at radius 2 is 2.04 bits per heavy atom. The first kappa shape index (κ1) is 21.5. The molecular formula is C20H30IN5O. The van der Waals surface area contributed by atoms with Crippen LogP contribution in [0, 0.1) is 0 Å². The largest absolute Gasteiger partial charge is 0.490 e. The first-order chi connectivity index (χ1) is 12.8. The van der Waals surface area contributed by atoms with Crippen molar-refractivity contribution in [3.8, 4) is 5.75 Å². The third-order valence-corrected chi connectivity index (χ3v) is 4.52. The molecule has 1 aliphatic rings. The molecule has 1 fully saturated rings. The molecule has 0 radical (unpaired) electrons. The number of imidazole rings is 1. The van der Waals surface area contributed by atoms with Gasteiger partial charge in [-0.1, -0.05) is 18.2 Å². The van der Waals surface area contributed by atoms with Gasteiger partial charge in [0.15, 0.2) is 5.96 Å². The second-order valence-electron chi connectivity index (χ2n) is 6.51. The minimum absolute atomic E-state index is 0. The first-order valence-corrected chi connectivity index (χ1v) is 9.56. The van der Waals surface area contributed by atoms with E-state index in [1.165, 1.54) is 0 Å². The Labute approximate surface area is 179 Å². The Kier molecular flexibility index (Phi) is 9.44. The van der Waals surface area contributed by atoms with Gasteiger partial charge in [-0.2, -0.15) is 0 Å². The zero-order chi connectivity index (χ0) is 18.0. The van der Waals surface area contributed by atoms with Gasteiger partial charge in [-0.05, 0) is 25.5 Å². The van der Waals surface area contributed by atoms with E-state index in [0.717, 1.165) is 63.7 Å². The number of rotatable bonds is 7. The van der Waals surface area contributed by atoms with Crippen molar-refractivity contribution in [2.24, 2.45) is 4.99 Å². The van der Waals surface area contributed by atoms with Gasteiger partial charge >= 0.3 is 0 Å². The zero-order valence-electron chi connectivity index (χ0n) is 16.0. The second-order valence-corrected chi connectivity index (χ2v) is 6.51. The highest BCUT2D eigenvalue weighted by Crippen LogP contribution is 2.18. The summed E-state index contributed by atoms with van der Waals surface area (Å²) in [6, 6.07) is 10.1. The lowest BCUT2D eigenvalue weighted by atomic mass is 10.1. The van der Waals surface area contributed by atoms with Crippen LogP contribution in [0.25, 0.3) is 0 Å². The molecule has 0 atom stereocenters. The minimum Gasteiger partial charge on any atom is -0.490 e. The lowest BCUT2D eigenvalue weighted by molar-refractivity contribution is 0.129. The lowest BCUT2D eigenvalue weighted by Gasteiger charge is -2.34. The molecule has 7 heteroatoms. The second kappa shape index (κ2) is 11.8. The summed E-state index contributed by atoms with van der Waals surface area (Å²) in [5, 5.41) is 3.43. The van der Waals surface area contributed by atoms with Crippen LogP contribution in [0.1, 0.15) is 26.2 Å². The van der Waals surface area contributed by atoms with Crippen LogP contribution in [0.3, 0.4) is 0 Å². The fourth-order valence-corrected chi connectivity index (χ4v) is 3.16. The van der Waals surface area contributed by atoms with Crippen LogP contribution in [0.5, 0.6) is 5.75 Å². The molecule has 0 bridgehead atoms. The van der Waals surface area contributed by atoms with Gasteiger partial charge in [0.05, 0.1) is 6.33 Å². The molecule has 1 aromatic heterocycles. The summed E-state index contributed by atoms with van der Waals surface area (Å²) in [7, 11) is 0. The fourth-order valence-electron chi connectivity index (χ4n) is 3.16. The number of ether oxygens (including phenoxy) is 1. The summed E-state index contributed by atoms with van der Waals surface area (Å²) in [6.45, 7) is 6.74. The van der Waals surface area contributed by atoms with Gasteiger partial charge in [0.25, 0.3) is 0 Å². The summed E-state index contributed by atoms with van der Waals surface area (Å²) >= 11 is 0. The van der Waals surface area contributed by atoms with Crippen LogP contribution >= 0.6 is 24.0 Å². The van der Waals surface area contributed by atoms with E-state index in [9.17, 15) is 0 Å². The van der Waals surface area contributed by atoms with E-state index in [-0.39, 0.29) is 30.1 Å². The summed E-state index contributed by atoms with van der Waals surface area (Å²) in [6.07, 6.45) is 9.01. The van der Waals surface area contributed by atoms with Crippen molar-refractivity contribution in [1.29, 1.82) is 0 Å². The van der Waals surface area contributed by atoms with E-state index in [0.29, 0.717) is 0 Å². The van der Waals surface area contributed by atoms with E-state index < -0.39 is 0 Å². The third-order valence-electron chi connectivity index (χ3n) is 4.52. The van der Waals surface area contributed by atoms with Crippen molar-refractivity contribution in [3.63, 3.8) is 0 Å². The number of aryl methyl sites for hydroxylation is 1. The molecule has 2 aromatic rings. The molecule has 1 saturated heterocycles. The molecule has 3 rings (SSSR count). The van der Waals surface area contributed by atoms with E-state index in [1.807, 2.05) is 49.1 Å². The molecule has 27 heavy (non-hydrogen) atoms. The maximum Gasteiger partial charge on any atom is 0.193 e. The number of halogens is 1. The summed E-state index contributed by atoms with van der Waals surface area (Å²) in [4.78, 5) is 11.2.